The summed E-state index contributed by atoms with van der Waals surface area (Å²) in [6, 6.07) is 16.4. The molecule has 2 aromatic carbocycles. The average Bonchev–Trinajstić information content (AvgIpc) is 2.84. The lowest BCUT2D eigenvalue weighted by molar-refractivity contribution is -0.161. The highest BCUT2D eigenvalue weighted by Crippen LogP contribution is 2.26. The fourth-order valence-electron chi connectivity index (χ4n) is 3.60. The molecule has 33 heavy (non-hydrogen) atoms. The fraction of sp³-hybridized carbons (Fsp3) is 0.552. The zero-order chi connectivity index (χ0) is 23.9. The molecule has 0 N–H and O–H groups in total. The van der Waals surface area contributed by atoms with Gasteiger partial charge in [0.25, 0.3) is 0 Å². The lowest BCUT2D eigenvalue weighted by atomic mass is 10.0. The third-order valence-corrected chi connectivity index (χ3v) is 5.82. The van der Waals surface area contributed by atoms with E-state index in [1.54, 1.807) is 6.92 Å². The van der Waals surface area contributed by atoms with Crippen molar-refractivity contribution in [3.8, 4) is 16.9 Å². The van der Waals surface area contributed by atoms with Crippen LogP contribution < -0.4 is 4.74 Å². The Balaban J connectivity index is 1.80. The van der Waals surface area contributed by atoms with E-state index in [1.165, 1.54) is 25.7 Å². The second-order valence-electron chi connectivity index (χ2n) is 8.71. The molecule has 0 amide bonds. The lowest BCUT2D eigenvalue weighted by Gasteiger charge is -2.18. The summed E-state index contributed by atoms with van der Waals surface area (Å²) < 4.78 is 17.1. The number of ether oxygens (including phenoxy) is 3. The van der Waals surface area contributed by atoms with Crippen LogP contribution in [0.2, 0.25) is 0 Å². The van der Waals surface area contributed by atoms with Gasteiger partial charge in [-0.1, -0.05) is 88.8 Å². The Morgan fingerprint density at radius 2 is 1.27 bits per heavy atom. The summed E-state index contributed by atoms with van der Waals surface area (Å²) in [6.45, 7) is 9.39. The number of benzene rings is 2. The Labute approximate surface area is 200 Å². The van der Waals surface area contributed by atoms with Crippen LogP contribution in [0.15, 0.2) is 48.5 Å². The molecule has 0 saturated heterocycles. The van der Waals surface area contributed by atoms with Gasteiger partial charge in [0.1, 0.15) is 11.9 Å². The van der Waals surface area contributed by atoms with Gasteiger partial charge in [0.15, 0.2) is 6.10 Å². The van der Waals surface area contributed by atoms with Gasteiger partial charge in [-0.25, -0.2) is 4.79 Å². The number of carbonyl (C=O) groups excluding carboxylic acids is 1. The zero-order valence-corrected chi connectivity index (χ0v) is 21.0. The molecule has 0 aliphatic heterocycles. The standard InChI is InChI=1S/C29H42O4/c1-5-7-9-10-12-22-32-28-19-17-27(18-20-28)26-15-13-25(14-16-26)23(3)33-29(30)24(4)31-21-11-8-6-2/h13-20,23-24H,5-12,21-22H2,1-4H3. The minimum atomic E-state index is -0.541. The smallest absolute Gasteiger partial charge is 0.335 e. The summed E-state index contributed by atoms with van der Waals surface area (Å²) in [7, 11) is 0. The van der Waals surface area contributed by atoms with Crippen LogP contribution in [0.4, 0.5) is 0 Å². The molecule has 0 aliphatic carbocycles. The molecular weight excluding hydrogens is 412 g/mol. The van der Waals surface area contributed by atoms with Crippen LogP contribution in [-0.4, -0.2) is 25.3 Å². The first-order chi connectivity index (χ1) is 16.0. The third kappa shape index (κ3) is 10.00. The predicted molar refractivity (Wildman–Crippen MR) is 136 cm³/mol. The van der Waals surface area contributed by atoms with Gasteiger partial charge >= 0.3 is 5.97 Å². The van der Waals surface area contributed by atoms with Crippen LogP contribution in [-0.2, 0) is 14.3 Å². The number of unbranched alkanes of at least 4 members (excludes halogenated alkanes) is 6. The highest BCUT2D eigenvalue weighted by atomic mass is 16.6. The maximum Gasteiger partial charge on any atom is 0.335 e. The van der Waals surface area contributed by atoms with Crippen molar-refractivity contribution in [3.63, 3.8) is 0 Å². The summed E-state index contributed by atoms with van der Waals surface area (Å²) >= 11 is 0. The van der Waals surface area contributed by atoms with Crippen LogP contribution >= 0.6 is 0 Å². The molecular formula is C29H42O4. The molecule has 0 fully saturated rings. The largest absolute Gasteiger partial charge is 0.494 e. The molecule has 182 valence electrons. The van der Waals surface area contributed by atoms with E-state index < -0.39 is 6.10 Å². The van der Waals surface area contributed by atoms with Gasteiger partial charge in [0.2, 0.25) is 0 Å². The molecule has 0 heterocycles. The van der Waals surface area contributed by atoms with E-state index in [-0.39, 0.29) is 12.1 Å². The molecule has 0 bridgehead atoms. The van der Waals surface area contributed by atoms with Gasteiger partial charge in [-0.15, -0.1) is 0 Å². The van der Waals surface area contributed by atoms with Crippen molar-refractivity contribution in [1.29, 1.82) is 0 Å². The molecule has 0 spiro atoms. The van der Waals surface area contributed by atoms with Crippen LogP contribution in [0, 0.1) is 0 Å². The second-order valence-corrected chi connectivity index (χ2v) is 8.71. The van der Waals surface area contributed by atoms with Gasteiger partial charge < -0.3 is 14.2 Å². The van der Waals surface area contributed by atoms with Gasteiger partial charge in [-0.3, -0.25) is 0 Å². The summed E-state index contributed by atoms with van der Waals surface area (Å²) in [5.41, 5.74) is 3.22. The maximum atomic E-state index is 12.3. The first kappa shape index (κ1) is 26.9. The molecule has 4 heteroatoms. The van der Waals surface area contributed by atoms with Gasteiger partial charge in [0.05, 0.1) is 6.61 Å². The molecule has 0 aliphatic rings. The first-order valence-corrected chi connectivity index (χ1v) is 12.7. The molecule has 2 unspecified atom stereocenters. The Morgan fingerprint density at radius 1 is 0.727 bits per heavy atom. The van der Waals surface area contributed by atoms with Crippen LogP contribution in [0.3, 0.4) is 0 Å². The summed E-state index contributed by atoms with van der Waals surface area (Å²) in [6.07, 6.45) is 8.55. The van der Waals surface area contributed by atoms with E-state index >= 15 is 0 Å². The molecule has 0 saturated carbocycles. The van der Waals surface area contributed by atoms with Crippen molar-refractivity contribution in [2.45, 2.75) is 91.3 Å². The Hall–Kier alpha value is -2.33. The summed E-state index contributed by atoms with van der Waals surface area (Å²) in [5.74, 6) is 0.599. The van der Waals surface area contributed by atoms with E-state index in [0.29, 0.717) is 6.61 Å². The third-order valence-electron chi connectivity index (χ3n) is 5.82. The van der Waals surface area contributed by atoms with Crippen LogP contribution in [0.25, 0.3) is 11.1 Å². The van der Waals surface area contributed by atoms with Crippen molar-refractivity contribution in [2.75, 3.05) is 13.2 Å². The second kappa shape index (κ2) is 15.5. The molecule has 2 aromatic rings. The van der Waals surface area contributed by atoms with Crippen molar-refractivity contribution < 1.29 is 19.0 Å². The minimum Gasteiger partial charge on any atom is -0.494 e. The predicted octanol–water partition coefficient (Wildman–Crippen LogP) is 7.90. The molecule has 0 radical (unpaired) electrons. The number of esters is 1. The van der Waals surface area contributed by atoms with Crippen molar-refractivity contribution >= 4 is 5.97 Å². The SMILES string of the molecule is CCCCCCCOc1ccc(-c2ccc(C(C)OC(=O)C(C)OCCCCC)cc2)cc1. The van der Waals surface area contributed by atoms with E-state index in [1.807, 2.05) is 31.2 Å². The molecule has 4 nitrogen and oxygen atoms in total. The van der Waals surface area contributed by atoms with Gasteiger partial charge in [0, 0.05) is 6.61 Å². The topological polar surface area (TPSA) is 44.8 Å². The zero-order valence-electron chi connectivity index (χ0n) is 21.0. The highest BCUT2D eigenvalue weighted by Gasteiger charge is 2.19. The van der Waals surface area contributed by atoms with Crippen LogP contribution in [0.5, 0.6) is 5.75 Å². The number of hydrogen-bond donors (Lipinski definition) is 0. The quantitative estimate of drug-likeness (QED) is 0.191. The fourth-order valence-corrected chi connectivity index (χ4v) is 3.60. The van der Waals surface area contributed by atoms with Crippen molar-refractivity contribution in [1.82, 2.24) is 0 Å². The van der Waals surface area contributed by atoms with E-state index in [4.69, 9.17) is 14.2 Å². The van der Waals surface area contributed by atoms with E-state index in [2.05, 4.69) is 38.1 Å². The van der Waals surface area contributed by atoms with Crippen molar-refractivity contribution in [3.05, 3.63) is 54.1 Å². The maximum absolute atomic E-state index is 12.3. The molecule has 2 atom stereocenters. The summed E-state index contributed by atoms with van der Waals surface area (Å²) in [5, 5.41) is 0. The minimum absolute atomic E-state index is 0.316. The Morgan fingerprint density at radius 3 is 1.91 bits per heavy atom. The highest BCUT2D eigenvalue weighted by molar-refractivity contribution is 5.74. The van der Waals surface area contributed by atoms with Gasteiger partial charge in [-0.05, 0) is 55.5 Å². The molecule has 2 rings (SSSR count). The number of carbonyl (C=O) groups is 1. The van der Waals surface area contributed by atoms with E-state index in [0.717, 1.165) is 54.7 Å². The van der Waals surface area contributed by atoms with Gasteiger partial charge in [-0.2, -0.15) is 0 Å². The Kier molecular flexibility index (Phi) is 12.6. The Bertz CT molecular complexity index is 782. The molecule has 0 aromatic heterocycles. The average molecular weight is 455 g/mol. The lowest BCUT2D eigenvalue weighted by Crippen LogP contribution is -2.25. The van der Waals surface area contributed by atoms with Crippen molar-refractivity contribution in [2.24, 2.45) is 0 Å². The number of rotatable bonds is 16. The van der Waals surface area contributed by atoms with Crippen LogP contribution in [0.1, 0.15) is 90.7 Å². The normalized spacial score (nSPS) is 12.8. The van der Waals surface area contributed by atoms with E-state index in [9.17, 15) is 4.79 Å². The number of hydrogen-bond acceptors (Lipinski definition) is 4. The first-order valence-electron chi connectivity index (χ1n) is 12.7. The monoisotopic (exact) mass is 454 g/mol. The summed E-state index contributed by atoms with van der Waals surface area (Å²) in [4.78, 5) is 12.3.